The molecular formula is C18H23N5O3S. The van der Waals surface area contributed by atoms with Crippen molar-refractivity contribution in [1.29, 1.82) is 5.26 Å². The standard InChI is InChI=1S/C18H23N5O3S/c1-3-26-18(25)23-8-6-22(7-9-23)15(24)11-27-17-14(10-19)12(2)20-16(21-17)13-4-5-13/h13H,3-9,11H2,1-2H3. The van der Waals surface area contributed by atoms with Gasteiger partial charge in [-0.15, -0.1) is 0 Å². The van der Waals surface area contributed by atoms with Crippen molar-refractivity contribution in [1.82, 2.24) is 19.8 Å². The zero-order valence-corrected chi connectivity index (χ0v) is 16.4. The molecule has 1 aliphatic heterocycles. The number of carbonyl (C=O) groups excluding carboxylic acids is 2. The lowest BCUT2D eigenvalue weighted by Crippen LogP contribution is -2.51. The first kappa shape index (κ1) is 19.4. The molecule has 2 heterocycles. The van der Waals surface area contributed by atoms with E-state index in [4.69, 9.17) is 4.74 Å². The van der Waals surface area contributed by atoms with Gasteiger partial charge >= 0.3 is 6.09 Å². The zero-order chi connectivity index (χ0) is 19.4. The molecule has 0 aromatic carbocycles. The molecule has 0 N–H and O–H groups in total. The number of carbonyl (C=O) groups is 2. The van der Waals surface area contributed by atoms with Gasteiger partial charge in [-0.2, -0.15) is 5.26 Å². The molecule has 1 aromatic rings. The van der Waals surface area contributed by atoms with Gasteiger partial charge < -0.3 is 14.5 Å². The van der Waals surface area contributed by atoms with E-state index in [9.17, 15) is 14.9 Å². The minimum absolute atomic E-state index is 0.0170. The maximum atomic E-state index is 12.5. The number of amides is 2. The molecule has 1 saturated heterocycles. The molecule has 144 valence electrons. The average molecular weight is 389 g/mol. The van der Waals surface area contributed by atoms with Crippen LogP contribution in [0, 0.1) is 18.3 Å². The van der Waals surface area contributed by atoms with Crippen molar-refractivity contribution < 1.29 is 14.3 Å². The molecule has 2 aliphatic rings. The van der Waals surface area contributed by atoms with E-state index >= 15 is 0 Å². The predicted molar refractivity (Wildman–Crippen MR) is 99.4 cm³/mol. The normalized spacial score (nSPS) is 16.8. The number of thioether (sulfide) groups is 1. The number of aryl methyl sites for hydroxylation is 1. The fourth-order valence-corrected chi connectivity index (χ4v) is 3.84. The summed E-state index contributed by atoms with van der Waals surface area (Å²) in [6, 6.07) is 2.16. The summed E-state index contributed by atoms with van der Waals surface area (Å²) in [5, 5.41) is 9.98. The molecule has 1 aliphatic carbocycles. The van der Waals surface area contributed by atoms with E-state index in [0.717, 1.165) is 18.7 Å². The Hall–Kier alpha value is -2.34. The number of hydrogen-bond donors (Lipinski definition) is 0. The van der Waals surface area contributed by atoms with Gasteiger partial charge in [-0.1, -0.05) is 11.8 Å². The monoisotopic (exact) mass is 389 g/mol. The molecule has 3 rings (SSSR count). The van der Waals surface area contributed by atoms with Crippen molar-refractivity contribution in [3.8, 4) is 6.07 Å². The topological polar surface area (TPSA) is 99.4 Å². The summed E-state index contributed by atoms with van der Waals surface area (Å²) >= 11 is 1.29. The van der Waals surface area contributed by atoms with Crippen LogP contribution in [-0.4, -0.2) is 70.3 Å². The largest absolute Gasteiger partial charge is 0.450 e. The van der Waals surface area contributed by atoms with Crippen molar-refractivity contribution in [3.05, 3.63) is 17.1 Å². The van der Waals surface area contributed by atoms with Gasteiger partial charge in [0.2, 0.25) is 5.91 Å². The van der Waals surface area contributed by atoms with E-state index in [1.807, 2.05) is 6.92 Å². The van der Waals surface area contributed by atoms with Gasteiger partial charge in [0, 0.05) is 32.1 Å². The number of nitrogens with zero attached hydrogens (tertiary/aromatic N) is 5. The van der Waals surface area contributed by atoms with Crippen LogP contribution in [0.1, 0.15) is 42.8 Å². The molecule has 0 unspecified atom stereocenters. The molecule has 27 heavy (non-hydrogen) atoms. The van der Waals surface area contributed by atoms with E-state index in [2.05, 4.69) is 16.0 Å². The summed E-state index contributed by atoms with van der Waals surface area (Å²) in [7, 11) is 0. The van der Waals surface area contributed by atoms with E-state index in [-0.39, 0.29) is 17.8 Å². The molecule has 0 atom stereocenters. The smallest absolute Gasteiger partial charge is 0.409 e. The Bertz CT molecular complexity index is 767. The van der Waals surface area contributed by atoms with Gasteiger partial charge in [-0.05, 0) is 26.7 Å². The molecule has 9 heteroatoms. The van der Waals surface area contributed by atoms with Gasteiger partial charge in [0.1, 0.15) is 22.5 Å². The van der Waals surface area contributed by atoms with Crippen LogP contribution in [-0.2, 0) is 9.53 Å². The second kappa shape index (κ2) is 8.57. The molecule has 1 saturated carbocycles. The highest BCUT2D eigenvalue weighted by atomic mass is 32.2. The third kappa shape index (κ3) is 4.69. The van der Waals surface area contributed by atoms with Crippen LogP contribution in [0.5, 0.6) is 0 Å². The Morgan fingerprint density at radius 2 is 1.89 bits per heavy atom. The number of ether oxygens (including phenoxy) is 1. The van der Waals surface area contributed by atoms with E-state index in [0.29, 0.717) is 55.0 Å². The molecule has 1 aromatic heterocycles. The lowest BCUT2D eigenvalue weighted by molar-refractivity contribution is -0.129. The highest BCUT2D eigenvalue weighted by Crippen LogP contribution is 2.39. The Labute approximate surface area is 162 Å². The molecule has 2 fully saturated rings. The predicted octanol–water partition coefficient (Wildman–Crippen LogP) is 1.93. The first-order valence-electron chi connectivity index (χ1n) is 9.14. The third-order valence-corrected chi connectivity index (χ3v) is 5.58. The van der Waals surface area contributed by atoms with Crippen LogP contribution in [0.15, 0.2) is 5.03 Å². The summed E-state index contributed by atoms with van der Waals surface area (Å²) in [5.41, 5.74) is 1.12. The fraction of sp³-hybridized carbons (Fsp3) is 0.611. The summed E-state index contributed by atoms with van der Waals surface area (Å²) in [5.74, 6) is 1.37. The van der Waals surface area contributed by atoms with Crippen LogP contribution in [0.2, 0.25) is 0 Å². The fourth-order valence-electron chi connectivity index (χ4n) is 2.90. The summed E-state index contributed by atoms with van der Waals surface area (Å²) < 4.78 is 4.99. The Kier molecular flexibility index (Phi) is 6.16. The Balaban J connectivity index is 1.57. The lowest BCUT2D eigenvalue weighted by atomic mass is 10.2. The first-order valence-corrected chi connectivity index (χ1v) is 10.1. The van der Waals surface area contributed by atoms with Crippen molar-refractivity contribution >= 4 is 23.8 Å². The minimum Gasteiger partial charge on any atom is -0.450 e. The van der Waals surface area contributed by atoms with E-state index in [1.54, 1.807) is 16.7 Å². The van der Waals surface area contributed by atoms with Crippen LogP contribution in [0.4, 0.5) is 4.79 Å². The molecular weight excluding hydrogens is 366 g/mol. The number of nitriles is 1. The van der Waals surface area contributed by atoms with Crippen LogP contribution in [0.25, 0.3) is 0 Å². The van der Waals surface area contributed by atoms with Crippen LogP contribution in [0.3, 0.4) is 0 Å². The number of hydrogen-bond acceptors (Lipinski definition) is 7. The van der Waals surface area contributed by atoms with Gasteiger partial charge in [-0.25, -0.2) is 14.8 Å². The highest BCUT2D eigenvalue weighted by Gasteiger charge is 2.29. The summed E-state index contributed by atoms with van der Waals surface area (Å²) in [4.78, 5) is 36.6. The van der Waals surface area contributed by atoms with Gasteiger partial charge in [0.05, 0.1) is 18.1 Å². The van der Waals surface area contributed by atoms with Crippen LogP contribution < -0.4 is 0 Å². The maximum Gasteiger partial charge on any atom is 0.409 e. The quantitative estimate of drug-likeness (QED) is 0.560. The van der Waals surface area contributed by atoms with E-state index < -0.39 is 0 Å². The van der Waals surface area contributed by atoms with Crippen molar-refractivity contribution in [3.63, 3.8) is 0 Å². The minimum atomic E-state index is -0.332. The highest BCUT2D eigenvalue weighted by molar-refractivity contribution is 8.00. The van der Waals surface area contributed by atoms with Crippen LogP contribution >= 0.6 is 11.8 Å². The second-order valence-corrected chi connectivity index (χ2v) is 7.55. The number of piperazine rings is 1. The van der Waals surface area contributed by atoms with Gasteiger partial charge in [0.15, 0.2) is 0 Å². The SMILES string of the molecule is CCOC(=O)N1CCN(C(=O)CSc2nc(C3CC3)nc(C)c2C#N)CC1. The van der Waals surface area contributed by atoms with Gasteiger partial charge in [0.25, 0.3) is 0 Å². The first-order chi connectivity index (χ1) is 13.0. The van der Waals surface area contributed by atoms with Crippen molar-refractivity contribution in [2.75, 3.05) is 38.5 Å². The third-order valence-electron chi connectivity index (χ3n) is 4.62. The van der Waals surface area contributed by atoms with Crippen molar-refractivity contribution in [2.24, 2.45) is 0 Å². The Morgan fingerprint density at radius 3 is 2.48 bits per heavy atom. The molecule has 0 bridgehead atoms. The van der Waals surface area contributed by atoms with Crippen molar-refractivity contribution in [2.45, 2.75) is 37.6 Å². The number of rotatable bonds is 5. The number of aromatic nitrogens is 2. The summed E-state index contributed by atoms with van der Waals surface area (Å²) in [6.07, 6.45) is 1.83. The Morgan fingerprint density at radius 1 is 1.22 bits per heavy atom. The molecule has 0 radical (unpaired) electrons. The summed E-state index contributed by atoms with van der Waals surface area (Å²) in [6.45, 7) is 5.84. The second-order valence-electron chi connectivity index (χ2n) is 6.59. The maximum absolute atomic E-state index is 12.5. The molecule has 0 spiro atoms. The lowest BCUT2D eigenvalue weighted by Gasteiger charge is -2.34. The molecule has 8 nitrogen and oxygen atoms in total. The van der Waals surface area contributed by atoms with Gasteiger partial charge in [-0.3, -0.25) is 4.79 Å². The van der Waals surface area contributed by atoms with E-state index in [1.165, 1.54) is 11.8 Å². The average Bonchev–Trinajstić information content (AvgIpc) is 3.51. The molecule has 2 amide bonds. The zero-order valence-electron chi connectivity index (χ0n) is 15.6.